The first kappa shape index (κ1) is 15.3. The van der Waals surface area contributed by atoms with Crippen molar-refractivity contribution in [3.63, 3.8) is 0 Å². The van der Waals surface area contributed by atoms with Crippen LogP contribution in [0.1, 0.15) is 25.0 Å². The van der Waals surface area contributed by atoms with Crippen LogP contribution in [0.15, 0.2) is 24.3 Å². The third-order valence-electron chi connectivity index (χ3n) is 2.73. The van der Waals surface area contributed by atoms with Crippen molar-refractivity contribution in [2.75, 3.05) is 14.1 Å². The van der Waals surface area contributed by atoms with Crippen molar-refractivity contribution in [1.29, 1.82) is 0 Å². The molecule has 1 aromatic rings. The molecule has 1 aromatic carbocycles. The Morgan fingerprint density at radius 3 is 2.00 bits per heavy atom. The van der Waals surface area contributed by atoms with E-state index in [1.165, 1.54) is 37.2 Å². The van der Waals surface area contributed by atoms with E-state index in [0.29, 0.717) is 0 Å². The van der Waals surface area contributed by atoms with E-state index in [0.717, 1.165) is 6.07 Å². The number of halogens is 3. The normalized spacial score (nSPS) is 12.2. The number of hydrogen-bond donors (Lipinski definition) is 1. The average molecular weight is 274 g/mol. The highest BCUT2D eigenvalue weighted by molar-refractivity contribution is 5.74. The van der Waals surface area contributed by atoms with Gasteiger partial charge >= 0.3 is 12.2 Å². The monoisotopic (exact) mass is 274 g/mol. The van der Waals surface area contributed by atoms with Gasteiger partial charge in [-0.25, -0.2) is 4.79 Å². The molecule has 1 N–H and O–H groups in total. The summed E-state index contributed by atoms with van der Waals surface area (Å²) in [7, 11) is 3.06. The molecule has 0 atom stereocenters. The minimum absolute atomic E-state index is 0.0395. The maximum Gasteiger partial charge on any atom is 0.416 e. The number of carbonyl (C=O) groups excluding carboxylic acids is 1. The second-order valence-corrected chi connectivity index (χ2v) is 4.99. The zero-order chi connectivity index (χ0) is 14.8. The van der Waals surface area contributed by atoms with Gasteiger partial charge in [0.1, 0.15) is 0 Å². The smallest absolute Gasteiger partial charge is 0.331 e. The molecule has 0 saturated carbocycles. The lowest BCUT2D eigenvalue weighted by atomic mass is 9.89. The van der Waals surface area contributed by atoms with Crippen LogP contribution in [0.25, 0.3) is 0 Å². The van der Waals surface area contributed by atoms with Gasteiger partial charge in [0.25, 0.3) is 0 Å². The molecule has 0 aliphatic carbocycles. The van der Waals surface area contributed by atoms with E-state index in [1.807, 2.05) is 0 Å². The number of hydrogen-bond acceptors (Lipinski definition) is 1. The molecule has 1 rings (SSSR count). The summed E-state index contributed by atoms with van der Waals surface area (Å²) < 4.78 is 38.9. The molecule has 0 bridgehead atoms. The molecule has 0 spiro atoms. The zero-order valence-corrected chi connectivity index (χ0v) is 11.3. The van der Waals surface area contributed by atoms with Crippen molar-refractivity contribution in [1.82, 2.24) is 10.2 Å². The van der Waals surface area contributed by atoms with E-state index in [9.17, 15) is 18.0 Å². The van der Waals surface area contributed by atoms with E-state index in [-0.39, 0.29) is 5.56 Å². The van der Waals surface area contributed by atoms with E-state index in [2.05, 4.69) is 5.32 Å². The van der Waals surface area contributed by atoms with Crippen molar-refractivity contribution in [3.05, 3.63) is 35.4 Å². The lowest BCUT2D eigenvalue weighted by Crippen LogP contribution is -2.46. The van der Waals surface area contributed by atoms with Crippen LogP contribution in [-0.4, -0.2) is 25.0 Å². The number of rotatable bonds is 2. The topological polar surface area (TPSA) is 32.3 Å². The standard InChI is InChI=1S/C13H17F3N2O/c1-12(2,17-11(19)18(3)4)9-7-5-6-8-10(9)13(14,15)16/h5-8H,1-4H3,(H,17,19). The first-order valence-corrected chi connectivity index (χ1v) is 5.72. The summed E-state index contributed by atoms with van der Waals surface area (Å²) in [4.78, 5) is 12.9. The lowest BCUT2D eigenvalue weighted by molar-refractivity contribution is -0.138. The molecule has 0 heterocycles. The minimum Gasteiger partial charge on any atom is -0.331 e. The quantitative estimate of drug-likeness (QED) is 0.882. The maximum atomic E-state index is 13.0. The molecule has 6 heteroatoms. The molecule has 0 aromatic heterocycles. The van der Waals surface area contributed by atoms with Gasteiger partial charge in [-0.05, 0) is 25.5 Å². The first-order chi connectivity index (χ1) is 8.55. The Bertz CT molecular complexity index is 467. The molecule has 0 aliphatic heterocycles. The Kier molecular flexibility index (Phi) is 4.12. The molecule has 3 nitrogen and oxygen atoms in total. The van der Waals surface area contributed by atoms with Crippen molar-refractivity contribution in [3.8, 4) is 0 Å². The summed E-state index contributed by atoms with van der Waals surface area (Å²) >= 11 is 0. The highest BCUT2D eigenvalue weighted by atomic mass is 19.4. The third-order valence-corrected chi connectivity index (χ3v) is 2.73. The van der Waals surface area contributed by atoms with Crippen LogP contribution >= 0.6 is 0 Å². The van der Waals surface area contributed by atoms with Crippen molar-refractivity contribution in [2.45, 2.75) is 25.6 Å². The van der Waals surface area contributed by atoms with Crippen LogP contribution in [0.5, 0.6) is 0 Å². The molecule has 106 valence electrons. The summed E-state index contributed by atoms with van der Waals surface area (Å²) in [5, 5.41) is 2.57. The van der Waals surface area contributed by atoms with Gasteiger partial charge in [0.15, 0.2) is 0 Å². The fraction of sp³-hybridized carbons (Fsp3) is 0.462. The summed E-state index contributed by atoms with van der Waals surface area (Å²) in [6.07, 6.45) is -4.45. The van der Waals surface area contributed by atoms with Crippen LogP contribution in [0.3, 0.4) is 0 Å². The van der Waals surface area contributed by atoms with Gasteiger partial charge in [-0.2, -0.15) is 13.2 Å². The number of nitrogens with zero attached hydrogens (tertiary/aromatic N) is 1. The second-order valence-electron chi connectivity index (χ2n) is 4.99. The highest BCUT2D eigenvalue weighted by Gasteiger charge is 2.38. The van der Waals surface area contributed by atoms with E-state index >= 15 is 0 Å². The van der Waals surface area contributed by atoms with E-state index < -0.39 is 23.3 Å². The number of nitrogens with one attached hydrogen (secondary N) is 1. The Morgan fingerprint density at radius 1 is 1.11 bits per heavy atom. The van der Waals surface area contributed by atoms with Crippen LogP contribution in [0.2, 0.25) is 0 Å². The van der Waals surface area contributed by atoms with Gasteiger partial charge in [0.05, 0.1) is 11.1 Å². The molecule has 19 heavy (non-hydrogen) atoms. The maximum absolute atomic E-state index is 13.0. The zero-order valence-electron chi connectivity index (χ0n) is 11.3. The predicted octanol–water partition coefficient (Wildman–Crippen LogP) is 3.21. The predicted molar refractivity (Wildman–Crippen MR) is 66.7 cm³/mol. The van der Waals surface area contributed by atoms with Crippen LogP contribution < -0.4 is 5.32 Å². The van der Waals surface area contributed by atoms with Crippen LogP contribution in [0, 0.1) is 0 Å². The fourth-order valence-corrected chi connectivity index (χ4v) is 1.72. The second kappa shape index (κ2) is 5.11. The molecule has 0 saturated heterocycles. The van der Waals surface area contributed by atoms with Crippen molar-refractivity contribution < 1.29 is 18.0 Å². The van der Waals surface area contributed by atoms with Gasteiger partial charge in [-0.1, -0.05) is 18.2 Å². The van der Waals surface area contributed by atoms with Gasteiger partial charge in [-0.15, -0.1) is 0 Å². The molecule has 0 radical (unpaired) electrons. The van der Waals surface area contributed by atoms with Gasteiger partial charge < -0.3 is 10.2 Å². The van der Waals surface area contributed by atoms with Crippen LogP contribution in [0.4, 0.5) is 18.0 Å². The molecule has 0 aliphatic rings. The average Bonchev–Trinajstić information content (AvgIpc) is 2.27. The summed E-state index contributed by atoms with van der Waals surface area (Å²) in [5.41, 5.74) is -1.82. The Hall–Kier alpha value is -1.72. The fourth-order valence-electron chi connectivity index (χ4n) is 1.72. The summed E-state index contributed by atoms with van der Waals surface area (Å²) in [6, 6.07) is 4.80. The Balaban J connectivity index is 3.18. The van der Waals surface area contributed by atoms with Gasteiger partial charge in [0.2, 0.25) is 0 Å². The summed E-state index contributed by atoms with van der Waals surface area (Å²) in [5.74, 6) is 0. The number of benzene rings is 1. The Labute approximate surface area is 110 Å². The molecular formula is C13H17F3N2O. The largest absolute Gasteiger partial charge is 0.416 e. The first-order valence-electron chi connectivity index (χ1n) is 5.72. The number of alkyl halides is 3. The van der Waals surface area contributed by atoms with E-state index in [1.54, 1.807) is 13.8 Å². The van der Waals surface area contributed by atoms with Crippen molar-refractivity contribution >= 4 is 6.03 Å². The SMILES string of the molecule is CN(C)C(=O)NC(C)(C)c1ccccc1C(F)(F)F. The van der Waals surface area contributed by atoms with Gasteiger partial charge in [0, 0.05) is 14.1 Å². The third kappa shape index (κ3) is 3.62. The highest BCUT2D eigenvalue weighted by Crippen LogP contribution is 2.36. The van der Waals surface area contributed by atoms with Gasteiger partial charge in [-0.3, -0.25) is 0 Å². The number of carbonyl (C=O) groups is 1. The molecule has 0 fully saturated rings. The molecule has 2 amide bonds. The van der Waals surface area contributed by atoms with E-state index in [4.69, 9.17) is 0 Å². The number of urea groups is 1. The van der Waals surface area contributed by atoms with Crippen LogP contribution in [-0.2, 0) is 11.7 Å². The molecular weight excluding hydrogens is 257 g/mol. The molecule has 0 unspecified atom stereocenters. The lowest BCUT2D eigenvalue weighted by Gasteiger charge is -2.31. The minimum atomic E-state index is -4.45. The summed E-state index contributed by atoms with van der Waals surface area (Å²) in [6.45, 7) is 3.08. The van der Waals surface area contributed by atoms with Crippen molar-refractivity contribution in [2.24, 2.45) is 0 Å². The Morgan fingerprint density at radius 2 is 1.58 bits per heavy atom. The number of amides is 2.